The van der Waals surface area contributed by atoms with Gasteiger partial charge in [-0.25, -0.2) is 0 Å². The number of ketones is 1. The van der Waals surface area contributed by atoms with Crippen molar-refractivity contribution in [2.24, 2.45) is 0 Å². The molecule has 0 heterocycles. The highest BCUT2D eigenvalue weighted by atomic mass is 16.5. The molecule has 1 N–H and O–H groups in total. The Balaban J connectivity index is 1.74. The molecule has 0 saturated carbocycles. The van der Waals surface area contributed by atoms with Gasteiger partial charge in [-0.15, -0.1) is 0 Å². The maximum absolute atomic E-state index is 11.2. The number of methoxy groups -OCH3 is 1. The Labute approximate surface area is 124 Å². The number of benzene rings is 2. The van der Waals surface area contributed by atoms with Crippen molar-refractivity contribution in [3.63, 3.8) is 0 Å². The van der Waals surface area contributed by atoms with Crippen molar-refractivity contribution < 1.29 is 14.3 Å². The Kier molecular flexibility index (Phi) is 5.21. The first-order chi connectivity index (χ1) is 10.2. The van der Waals surface area contributed by atoms with Gasteiger partial charge in [0.05, 0.1) is 7.11 Å². The molecule has 0 radical (unpaired) electrons. The van der Waals surface area contributed by atoms with E-state index in [0.717, 1.165) is 22.7 Å². The fourth-order valence-corrected chi connectivity index (χ4v) is 1.86. The second-order valence-corrected chi connectivity index (χ2v) is 4.58. The summed E-state index contributed by atoms with van der Waals surface area (Å²) in [4.78, 5) is 11.2. The van der Waals surface area contributed by atoms with Gasteiger partial charge < -0.3 is 14.8 Å². The molecule has 2 aromatic rings. The van der Waals surface area contributed by atoms with Crippen LogP contribution in [0.1, 0.15) is 17.3 Å². The minimum Gasteiger partial charge on any atom is -0.497 e. The molecule has 0 aromatic heterocycles. The third-order valence-electron chi connectivity index (χ3n) is 3.05. The van der Waals surface area contributed by atoms with E-state index in [4.69, 9.17) is 9.47 Å². The van der Waals surface area contributed by atoms with E-state index in [2.05, 4.69) is 5.32 Å². The number of hydrogen-bond donors (Lipinski definition) is 1. The van der Waals surface area contributed by atoms with Crippen LogP contribution >= 0.6 is 0 Å². The van der Waals surface area contributed by atoms with Crippen LogP contribution in [0.25, 0.3) is 0 Å². The van der Waals surface area contributed by atoms with Gasteiger partial charge in [0.2, 0.25) is 0 Å². The average Bonchev–Trinajstić information content (AvgIpc) is 2.52. The van der Waals surface area contributed by atoms with Crippen molar-refractivity contribution in [3.8, 4) is 11.5 Å². The number of hydrogen-bond acceptors (Lipinski definition) is 4. The second kappa shape index (κ2) is 7.33. The van der Waals surface area contributed by atoms with Gasteiger partial charge in [0, 0.05) is 17.8 Å². The average molecular weight is 285 g/mol. The minimum absolute atomic E-state index is 0.0735. The molecule has 0 atom stereocenters. The summed E-state index contributed by atoms with van der Waals surface area (Å²) in [6.07, 6.45) is 0. The summed E-state index contributed by atoms with van der Waals surface area (Å²) in [6.45, 7) is 2.80. The van der Waals surface area contributed by atoms with E-state index in [9.17, 15) is 4.79 Å². The van der Waals surface area contributed by atoms with Crippen LogP contribution in [0.15, 0.2) is 48.5 Å². The van der Waals surface area contributed by atoms with E-state index in [-0.39, 0.29) is 5.78 Å². The van der Waals surface area contributed by atoms with Crippen LogP contribution in [-0.2, 0) is 0 Å². The largest absolute Gasteiger partial charge is 0.497 e. The summed E-state index contributed by atoms with van der Waals surface area (Å²) in [6, 6.07) is 14.9. The van der Waals surface area contributed by atoms with Crippen molar-refractivity contribution in [3.05, 3.63) is 54.1 Å². The third-order valence-corrected chi connectivity index (χ3v) is 3.05. The maximum atomic E-state index is 11.2. The van der Waals surface area contributed by atoms with Crippen LogP contribution in [0.5, 0.6) is 11.5 Å². The molecule has 4 heteroatoms. The van der Waals surface area contributed by atoms with Crippen molar-refractivity contribution >= 4 is 11.5 Å². The molecule has 4 nitrogen and oxygen atoms in total. The van der Waals surface area contributed by atoms with Gasteiger partial charge in [0.1, 0.15) is 18.1 Å². The first-order valence-corrected chi connectivity index (χ1v) is 6.81. The van der Waals surface area contributed by atoms with Gasteiger partial charge in [-0.05, 0) is 55.5 Å². The molecule has 21 heavy (non-hydrogen) atoms. The van der Waals surface area contributed by atoms with Crippen LogP contribution in [-0.4, -0.2) is 26.0 Å². The lowest BCUT2D eigenvalue weighted by molar-refractivity contribution is 0.101. The molecule has 0 aliphatic heterocycles. The summed E-state index contributed by atoms with van der Waals surface area (Å²) in [5, 5.41) is 3.24. The van der Waals surface area contributed by atoms with Crippen molar-refractivity contribution in [1.82, 2.24) is 0 Å². The summed E-state index contributed by atoms with van der Waals surface area (Å²) < 4.78 is 10.7. The molecule has 0 fully saturated rings. The Morgan fingerprint density at radius 2 is 1.62 bits per heavy atom. The number of ether oxygens (including phenoxy) is 2. The molecule has 0 amide bonds. The van der Waals surface area contributed by atoms with Gasteiger partial charge in [-0.1, -0.05) is 0 Å². The summed E-state index contributed by atoms with van der Waals surface area (Å²) in [5.74, 6) is 1.69. The zero-order valence-corrected chi connectivity index (χ0v) is 12.3. The molecule has 0 saturated heterocycles. The Hall–Kier alpha value is -2.49. The molecule has 2 aromatic carbocycles. The standard InChI is InChI=1S/C17H19NO3/c1-13(19)14-3-5-15(6-4-14)18-11-12-21-17-9-7-16(20-2)8-10-17/h3-10,18H,11-12H2,1-2H3. The lowest BCUT2D eigenvalue weighted by Gasteiger charge is -2.09. The highest BCUT2D eigenvalue weighted by molar-refractivity contribution is 5.94. The van der Waals surface area contributed by atoms with Gasteiger partial charge in [0.15, 0.2) is 5.78 Å². The number of anilines is 1. The number of Topliss-reactive ketones (excluding diaryl/α,β-unsaturated/α-hetero) is 1. The van der Waals surface area contributed by atoms with Crippen LogP contribution in [0, 0.1) is 0 Å². The highest BCUT2D eigenvalue weighted by Gasteiger charge is 1.99. The van der Waals surface area contributed by atoms with Gasteiger partial charge >= 0.3 is 0 Å². The third kappa shape index (κ3) is 4.53. The van der Waals surface area contributed by atoms with Crippen LogP contribution < -0.4 is 14.8 Å². The van der Waals surface area contributed by atoms with Crippen molar-refractivity contribution in [1.29, 1.82) is 0 Å². The fraction of sp³-hybridized carbons (Fsp3) is 0.235. The first-order valence-electron chi connectivity index (χ1n) is 6.81. The van der Waals surface area contributed by atoms with E-state index >= 15 is 0 Å². The second-order valence-electron chi connectivity index (χ2n) is 4.58. The molecule has 0 spiro atoms. The predicted molar refractivity (Wildman–Crippen MR) is 83.4 cm³/mol. The van der Waals surface area contributed by atoms with Crippen molar-refractivity contribution in [2.45, 2.75) is 6.92 Å². The monoisotopic (exact) mass is 285 g/mol. The molecule has 2 rings (SSSR count). The van der Waals surface area contributed by atoms with Gasteiger partial charge in [0.25, 0.3) is 0 Å². The van der Waals surface area contributed by atoms with E-state index in [1.54, 1.807) is 14.0 Å². The van der Waals surface area contributed by atoms with E-state index in [1.165, 1.54) is 0 Å². The molecule has 110 valence electrons. The number of rotatable bonds is 7. The first kappa shape index (κ1) is 14.9. The number of nitrogens with one attached hydrogen (secondary N) is 1. The maximum Gasteiger partial charge on any atom is 0.159 e. The van der Waals surface area contributed by atoms with Gasteiger partial charge in [-0.3, -0.25) is 4.79 Å². The molecule has 0 unspecified atom stereocenters. The Morgan fingerprint density at radius 1 is 1.00 bits per heavy atom. The van der Waals surface area contributed by atoms with E-state index in [0.29, 0.717) is 13.2 Å². The van der Waals surface area contributed by atoms with E-state index in [1.807, 2.05) is 48.5 Å². The molecular formula is C17H19NO3. The number of carbonyl (C=O) groups is 1. The number of carbonyl (C=O) groups excluding carboxylic acids is 1. The topological polar surface area (TPSA) is 47.6 Å². The van der Waals surface area contributed by atoms with Crippen LogP contribution in [0.4, 0.5) is 5.69 Å². The Bertz CT molecular complexity index is 576. The molecular weight excluding hydrogens is 266 g/mol. The predicted octanol–water partition coefficient (Wildman–Crippen LogP) is 3.39. The summed E-state index contributed by atoms with van der Waals surface area (Å²) in [7, 11) is 1.64. The molecule has 0 bridgehead atoms. The highest BCUT2D eigenvalue weighted by Crippen LogP contribution is 2.17. The van der Waals surface area contributed by atoms with Crippen LogP contribution in [0.2, 0.25) is 0 Å². The summed E-state index contributed by atoms with van der Waals surface area (Å²) in [5.41, 5.74) is 1.69. The van der Waals surface area contributed by atoms with E-state index < -0.39 is 0 Å². The molecule has 0 aliphatic carbocycles. The zero-order chi connectivity index (χ0) is 15.1. The van der Waals surface area contributed by atoms with Crippen molar-refractivity contribution in [2.75, 3.05) is 25.6 Å². The molecule has 0 aliphatic rings. The normalized spacial score (nSPS) is 10.0. The lowest BCUT2D eigenvalue weighted by atomic mass is 10.1. The zero-order valence-electron chi connectivity index (χ0n) is 12.3. The Morgan fingerprint density at radius 3 is 2.19 bits per heavy atom. The minimum atomic E-state index is 0.0735. The summed E-state index contributed by atoms with van der Waals surface area (Å²) >= 11 is 0. The fourth-order valence-electron chi connectivity index (χ4n) is 1.86. The van der Waals surface area contributed by atoms with Crippen LogP contribution in [0.3, 0.4) is 0 Å². The SMILES string of the molecule is COc1ccc(OCCNc2ccc(C(C)=O)cc2)cc1. The quantitative estimate of drug-likeness (QED) is 0.626. The smallest absolute Gasteiger partial charge is 0.159 e. The lowest BCUT2D eigenvalue weighted by Crippen LogP contribution is -2.11. The van der Waals surface area contributed by atoms with Gasteiger partial charge in [-0.2, -0.15) is 0 Å².